The number of nitrogens with one attached hydrogen (secondary N) is 2. The molecule has 6 nitrogen and oxygen atoms in total. The van der Waals surface area contributed by atoms with Gasteiger partial charge in [0.1, 0.15) is 10.7 Å². The molecule has 3 aromatic carbocycles. The van der Waals surface area contributed by atoms with Crippen LogP contribution in [0.25, 0.3) is 0 Å². The van der Waals surface area contributed by atoms with Crippen molar-refractivity contribution in [1.29, 1.82) is 0 Å². The lowest BCUT2D eigenvalue weighted by Gasteiger charge is -2.16. The van der Waals surface area contributed by atoms with E-state index in [1.54, 1.807) is 60.7 Å². The molecule has 8 heteroatoms. The Kier molecular flexibility index (Phi) is 6.22. The van der Waals surface area contributed by atoms with Gasteiger partial charge in [-0.3, -0.25) is 14.4 Å². The molecular formula is C25H19Cl2N3O3. The zero-order valence-corrected chi connectivity index (χ0v) is 19.3. The van der Waals surface area contributed by atoms with Crippen LogP contribution >= 0.6 is 23.2 Å². The van der Waals surface area contributed by atoms with Crippen LogP contribution in [0.2, 0.25) is 5.02 Å². The van der Waals surface area contributed by atoms with Crippen LogP contribution in [0.1, 0.15) is 21.5 Å². The fourth-order valence-electron chi connectivity index (χ4n) is 3.51. The number of carbonyl (C=O) groups is 3. The van der Waals surface area contributed by atoms with Gasteiger partial charge in [-0.2, -0.15) is 0 Å². The first kappa shape index (κ1) is 22.6. The van der Waals surface area contributed by atoms with Gasteiger partial charge in [-0.05, 0) is 85.6 Å². The van der Waals surface area contributed by atoms with E-state index in [9.17, 15) is 14.4 Å². The number of rotatable bonds is 5. The number of hydrogen-bond donors (Lipinski definition) is 2. The Morgan fingerprint density at radius 1 is 0.788 bits per heavy atom. The van der Waals surface area contributed by atoms with Gasteiger partial charge in [0, 0.05) is 22.0 Å². The Morgan fingerprint density at radius 3 is 1.97 bits per heavy atom. The van der Waals surface area contributed by atoms with E-state index >= 15 is 0 Å². The molecule has 3 amide bonds. The number of benzene rings is 3. The van der Waals surface area contributed by atoms with Crippen LogP contribution in [0.3, 0.4) is 0 Å². The molecule has 0 radical (unpaired) electrons. The highest BCUT2D eigenvalue weighted by Crippen LogP contribution is 2.31. The van der Waals surface area contributed by atoms with Crippen LogP contribution in [-0.2, 0) is 9.59 Å². The van der Waals surface area contributed by atoms with Crippen molar-refractivity contribution in [2.24, 2.45) is 0 Å². The Morgan fingerprint density at radius 2 is 1.36 bits per heavy atom. The number of amides is 3. The second kappa shape index (κ2) is 9.10. The fraction of sp³-hybridized carbons (Fsp3) is 0.0800. The lowest BCUT2D eigenvalue weighted by molar-refractivity contribution is -0.120. The maximum atomic E-state index is 13.0. The summed E-state index contributed by atoms with van der Waals surface area (Å²) >= 11 is 12.1. The van der Waals surface area contributed by atoms with E-state index in [2.05, 4.69) is 10.6 Å². The summed E-state index contributed by atoms with van der Waals surface area (Å²) in [6.45, 7) is 3.78. The maximum absolute atomic E-state index is 13.0. The molecule has 0 unspecified atom stereocenters. The molecule has 1 aliphatic rings. The summed E-state index contributed by atoms with van der Waals surface area (Å²) in [4.78, 5) is 39.2. The van der Waals surface area contributed by atoms with E-state index in [0.29, 0.717) is 27.6 Å². The largest absolute Gasteiger partial charge is 0.350 e. The van der Waals surface area contributed by atoms with Gasteiger partial charge >= 0.3 is 0 Å². The number of hydrogen-bond acceptors (Lipinski definition) is 4. The molecule has 0 atom stereocenters. The van der Waals surface area contributed by atoms with Crippen LogP contribution in [0, 0.1) is 13.8 Å². The highest BCUT2D eigenvalue weighted by molar-refractivity contribution is 6.53. The second-order valence-corrected chi connectivity index (χ2v) is 8.46. The average molecular weight is 480 g/mol. The molecule has 0 saturated heterocycles. The number of anilines is 3. The minimum absolute atomic E-state index is 0.0146. The molecule has 2 N–H and O–H groups in total. The monoisotopic (exact) mass is 479 g/mol. The summed E-state index contributed by atoms with van der Waals surface area (Å²) < 4.78 is 0. The minimum Gasteiger partial charge on any atom is -0.350 e. The van der Waals surface area contributed by atoms with Crippen molar-refractivity contribution in [1.82, 2.24) is 0 Å². The molecular weight excluding hydrogens is 461 g/mol. The topological polar surface area (TPSA) is 78.5 Å². The summed E-state index contributed by atoms with van der Waals surface area (Å²) in [5.41, 5.74) is 3.85. The first-order chi connectivity index (χ1) is 15.7. The minimum atomic E-state index is -0.590. The van der Waals surface area contributed by atoms with Crippen LogP contribution in [0.5, 0.6) is 0 Å². The molecule has 3 aromatic rings. The predicted molar refractivity (Wildman–Crippen MR) is 131 cm³/mol. The summed E-state index contributed by atoms with van der Waals surface area (Å²) in [6, 6.07) is 18.7. The molecule has 33 heavy (non-hydrogen) atoms. The zero-order valence-electron chi connectivity index (χ0n) is 17.8. The fourth-order valence-corrected chi connectivity index (χ4v) is 3.85. The summed E-state index contributed by atoms with van der Waals surface area (Å²) in [7, 11) is 0. The van der Waals surface area contributed by atoms with Crippen LogP contribution in [0.15, 0.2) is 77.5 Å². The summed E-state index contributed by atoms with van der Waals surface area (Å²) in [6.07, 6.45) is 0. The number of imide groups is 1. The number of halogens is 2. The lowest BCUT2D eigenvalue weighted by atomic mass is 10.1. The molecule has 0 saturated carbocycles. The Labute approximate surface area is 200 Å². The molecule has 1 heterocycles. The second-order valence-electron chi connectivity index (χ2n) is 7.64. The molecule has 0 aliphatic carbocycles. The molecule has 1 aliphatic heterocycles. The zero-order chi connectivity index (χ0) is 23.7. The number of nitrogens with zero attached hydrogens (tertiary/aromatic N) is 1. The maximum Gasteiger partial charge on any atom is 0.283 e. The van der Waals surface area contributed by atoms with Gasteiger partial charge in [0.2, 0.25) is 0 Å². The van der Waals surface area contributed by atoms with Crippen molar-refractivity contribution < 1.29 is 14.4 Å². The Balaban J connectivity index is 1.49. The van der Waals surface area contributed by atoms with Crippen LogP contribution < -0.4 is 15.5 Å². The van der Waals surface area contributed by atoms with E-state index in [1.807, 2.05) is 19.9 Å². The highest BCUT2D eigenvalue weighted by atomic mass is 35.5. The van der Waals surface area contributed by atoms with Gasteiger partial charge in [0.05, 0.1) is 5.69 Å². The number of aryl methyl sites for hydroxylation is 2. The first-order valence-electron chi connectivity index (χ1n) is 10.0. The van der Waals surface area contributed by atoms with Crippen LogP contribution in [-0.4, -0.2) is 17.7 Å². The normalized spacial score (nSPS) is 13.5. The molecule has 0 fully saturated rings. The van der Waals surface area contributed by atoms with Crippen molar-refractivity contribution >= 4 is 58.0 Å². The van der Waals surface area contributed by atoms with E-state index in [-0.39, 0.29) is 16.6 Å². The average Bonchev–Trinajstić information content (AvgIpc) is 2.98. The van der Waals surface area contributed by atoms with Gasteiger partial charge in [-0.15, -0.1) is 0 Å². The molecule has 0 aromatic heterocycles. The quantitative estimate of drug-likeness (QED) is 0.463. The highest BCUT2D eigenvalue weighted by Gasteiger charge is 2.39. The van der Waals surface area contributed by atoms with Gasteiger partial charge in [0.25, 0.3) is 17.7 Å². The van der Waals surface area contributed by atoms with Gasteiger partial charge in [-0.25, -0.2) is 4.90 Å². The summed E-state index contributed by atoms with van der Waals surface area (Å²) in [5, 5.41) is 6.07. The SMILES string of the molecule is Cc1cc(C)cc(N2C(=O)C(Cl)=C(Nc3ccc(C(=O)Nc4ccc(Cl)cc4)cc3)C2=O)c1. The molecule has 0 bridgehead atoms. The Hall–Kier alpha value is -3.61. The van der Waals surface area contributed by atoms with E-state index in [1.165, 1.54) is 0 Å². The smallest absolute Gasteiger partial charge is 0.283 e. The van der Waals surface area contributed by atoms with Crippen LogP contribution in [0.4, 0.5) is 17.1 Å². The standard InChI is InChI=1S/C25H19Cl2N3O3/c1-14-11-15(2)13-20(12-14)30-24(32)21(27)22(25(30)33)28-18-7-3-16(4-8-18)23(31)29-19-9-5-17(26)6-10-19/h3-13,28H,1-2H3,(H,29,31). The molecule has 4 rings (SSSR count). The third-order valence-corrected chi connectivity index (χ3v) is 5.61. The first-order valence-corrected chi connectivity index (χ1v) is 10.8. The number of carbonyl (C=O) groups excluding carboxylic acids is 3. The molecule has 166 valence electrons. The predicted octanol–water partition coefficient (Wildman–Crippen LogP) is 5.64. The van der Waals surface area contributed by atoms with Gasteiger partial charge in [0.15, 0.2) is 0 Å². The van der Waals surface area contributed by atoms with Gasteiger partial charge < -0.3 is 10.6 Å². The third-order valence-electron chi connectivity index (χ3n) is 5.01. The van der Waals surface area contributed by atoms with Gasteiger partial charge in [-0.1, -0.05) is 29.3 Å². The third kappa shape index (κ3) is 4.77. The Bertz CT molecular complexity index is 1280. The van der Waals surface area contributed by atoms with Crippen molar-refractivity contribution in [3.05, 3.63) is 99.2 Å². The summed E-state index contributed by atoms with van der Waals surface area (Å²) in [5.74, 6) is -1.43. The van der Waals surface area contributed by atoms with E-state index in [0.717, 1.165) is 16.0 Å². The van der Waals surface area contributed by atoms with Crippen molar-refractivity contribution in [2.45, 2.75) is 13.8 Å². The lowest BCUT2D eigenvalue weighted by Crippen LogP contribution is -2.32. The van der Waals surface area contributed by atoms with Crippen molar-refractivity contribution in [3.8, 4) is 0 Å². The van der Waals surface area contributed by atoms with Crippen molar-refractivity contribution in [2.75, 3.05) is 15.5 Å². The van der Waals surface area contributed by atoms with Crippen molar-refractivity contribution in [3.63, 3.8) is 0 Å². The van der Waals surface area contributed by atoms with E-state index in [4.69, 9.17) is 23.2 Å². The molecule has 0 spiro atoms. The van der Waals surface area contributed by atoms with E-state index < -0.39 is 11.8 Å².